The van der Waals surface area contributed by atoms with Crippen LogP contribution in [0.1, 0.15) is 38.5 Å². The molecule has 1 aliphatic carbocycles. The van der Waals surface area contributed by atoms with Gasteiger partial charge < -0.3 is 10.2 Å². The van der Waals surface area contributed by atoms with Crippen molar-refractivity contribution in [3.05, 3.63) is 0 Å². The number of hydrogen-bond donors (Lipinski definition) is 1. The Morgan fingerprint density at radius 1 is 0.895 bits per heavy atom. The first-order valence-corrected chi connectivity index (χ1v) is 8.18. The van der Waals surface area contributed by atoms with Crippen LogP contribution in [0.3, 0.4) is 0 Å². The van der Waals surface area contributed by atoms with Crippen LogP contribution in [0.15, 0.2) is 0 Å². The molecule has 2 spiro atoms. The third-order valence-electron chi connectivity index (χ3n) is 6.00. The van der Waals surface area contributed by atoms with Crippen molar-refractivity contribution >= 4 is 0 Å². The maximum absolute atomic E-state index is 3.79. The quantitative estimate of drug-likeness (QED) is 0.759. The molecule has 4 fully saturated rings. The molecule has 0 aromatic carbocycles. The molecule has 3 saturated heterocycles. The standard InChI is InChI=1S/C15H28N4/c1-17-11-12-19(15(13-17)4-5-15)18-9-6-14(7-10-18)3-2-8-16-14/h16H,2-13H2,1H3. The van der Waals surface area contributed by atoms with E-state index in [-0.39, 0.29) is 0 Å². The van der Waals surface area contributed by atoms with Crippen molar-refractivity contribution in [2.24, 2.45) is 0 Å². The van der Waals surface area contributed by atoms with Gasteiger partial charge in [-0.2, -0.15) is 0 Å². The number of hydrogen-bond acceptors (Lipinski definition) is 4. The van der Waals surface area contributed by atoms with Crippen LogP contribution in [-0.2, 0) is 0 Å². The van der Waals surface area contributed by atoms with Gasteiger partial charge in [-0.25, -0.2) is 10.0 Å². The van der Waals surface area contributed by atoms with Crippen molar-refractivity contribution in [3.63, 3.8) is 0 Å². The molecule has 0 unspecified atom stereocenters. The SMILES string of the molecule is CN1CCN(N2CCC3(CCCN3)CC2)C2(CC2)C1. The summed E-state index contributed by atoms with van der Waals surface area (Å²) in [6.07, 6.45) is 8.34. The highest BCUT2D eigenvalue weighted by atomic mass is 15.7. The molecule has 0 amide bonds. The van der Waals surface area contributed by atoms with E-state index in [4.69, 9.17) is 0 Å². The monoisotopic (exact) mass is 264 g/mol. The highest BCUT2D eigenvalue weighted by molar-refractivity contribution is 5.08. The second-order valence-electron chi connectivity index (χ2n) is 7.35. The van der Waals surface area contributed by atoms with Crippen LogP contribution >= 0.6 is 0 Å². The van der Waals surface area contributed by atoms with Crippen molar-refractivity contribution in [1.29, 1.82) is 0 Å². The van der Waals surface area contributed by atoms with Crippen LogP contribution in [0.4, 0.5) is 0 Å². The van der Waals surface area contributed by atoms with Crippen molar-refractivity contribution in [3.8, 4) is 0 Å². The van der Waals surface area contributed by atoms with E-state index < -0.39 is 0 Å². The van der Waals surface area contributed by atoms with Crippen LogP contribution in [-0.4, -0.2) is 72.3 Å². The minimum absolute atomic E-state index is 0.514. The fraction of sp³-hybridized carbons (Fsp3) is 1.00. The molecule has 0 aromatic rings. The van der Waals surface area contributed by atoms with Crippen molar-refractivity contribution < 1.29 is 0 Å². The maximum Gasteiger partial charge on any atom is 0.0485 e. The molecule has 0 radical (unpaired) electrons. The van der Waals surface area contributed by atoms with Crippen LogP contribution in [0.5, 0.6) is 0 Å². The Balaban J connectivity index is 1.41. The van der Waals surface area contributed by atoms with Crippen molar-refractivity contribution in [2.45, 2.75) is 49.6 Å². The Kier molecular flexibility index (Phi) is 2.92. The molecule has 1 saturated carbocycles. The minimum atomic E-state index is 0.514. The molecule has 3 heterocycles. The average Bonchev–Trinajstić information content (AvgIpc) is 3.01. The lowest BCUT2D eigenvalue weighted by molar-refractivity contribution is -0.122. The molecule has 19 heavy (non-hydrogen) atoms. The predicted octanol–water partition coefficient (Wildman–Crippen LogP) is 0.899. The van der Waals surface area contributed by atoms with Gasteiger partial charge in [0.05, 0.1) is 0 Å². The van der Waals surface area contributed by atoms with E-state index in [1.165, 1.54) is 77.8 Å². The zero-order valence-corrected chi connectivity index (χ0v) is 12.3. The third kappa shape index (κ3) is 2.13. The Morgan fingerprint density at radius 2 is 1.68 bits per heavy atom. The first-order valence-electron chi connectivity index (χ1n) is 8.18. The molecular weight excluding hydrogens is 236 g/mol. The lowest BCUT2D eigenvalue weighted by Crippen LogP contribution is -2.63. The summed E-state index contributed by atoms with van der Waals surface area (Å²) < 4.78 is 0. The number of nitrogens with one attached hydrogen (secondary N) is 1. The second-order valence-corrected chi connectivity index (χ2v) is 7.35. The molecule has 0 bridgehead atoms. The van der Waals surface area contributed by atoms with Gasteiger partial charge in [0.25, 0.3) is 0 Å². The number of piperidine rings is 1. The zero-order valence-electron chi connectivity index (χ0n) is 12.3. The van der Waals surface area contributed by atoms with Crippen LogP contribution in [0.25, 0.3) is 0 Å². The molecule has 1 N–H and O–H groups in total. The van der Waals surface area contributed by atoms with E-state index in [0.717, 1.165) is 0 Å². The molecule has 0 aromatic heterocycles. The number of hydrazine groups is 1. The minimum Gasteiger partial charge on any atom is -0.311 e. The number of rotatable bonds is 1. The van der Waals surface area contributed by atoms with E-state index in [2.05, 4.69) is 27.3 Å². The van der Waals surface area contributed by atoms with E-state index in [1.807, 2.05) is 0 Å². The summed E-state index contributed by atoms with van der Waals surface area (Å²) in [4.78, 5) is 2.52. The number of likely N-dealkylation sites (N-methyl/N-ethyl adjacent to an activating group) is 1. The topological polar surface area (TPSA) is 21.8 Å². The summed E-state index contributed by atoms with van der Waals surface area (Å²) in [5.41, 5.74) is 1.04. The summed E-state index contributed by atoms with van der Waals surface area (Å²) in [6, 6.07) is 0. The Bertz CT molecular complexity index is 336. The number of nitrogens with zero attached hydrogens (tertiary/aromatic N) is 3. The predicted molar refractivity (Wildman–Crippen MR) is 76.9 cm³/mol. The molecule has 3 aliphatic heterocycles. The van der Waals surface area contributed by atoms with Gasteiger partial charge in [0, 0.05) is 43.8 Å². The maximum atomic E-state index is 3.79. The van der Waals surface area contributed by atoms with Crippen molar-refractivity contribution in [2.75, 3.05) is 46.3 Å². The van der Waals surface area contributed by atoms with Gasteiger partial charge in [0.1, 0.15) is 0 Å². The molecule has 4 rings (SSSR count). The smallest absolute Gasteiger partial charge is 0.0485 e. The third-order valence-corrected chi connectivity index (χ3v) is 6.00. The van der Waals surface area contributed by atoms with E-state index in [0.29, 0.717) is 11.1 Å². The summed E-state index contributed by atoms with van der Waals surface area (Å²) in [5.74, 6) is 0. The van der Waals surface area contributed by atoms with Gasteiger partial charge in [-0.05, 0) is 52.1 Å². The van der Waals surface area contributed by atoms with Gasteiger partial charge in [0.2, 0.25) is 0 Å². The van der Waals surface area contributed by atoms with Gasteiger partial charge >= 0.3 is 0 Å². The summed E-state index contributed by atoms with van der Waals surface area (Å²) in [6.45, 7) is 7.57. The summed E-state index contributed by atoms with van der Waals surface area (Å²) >= 11 is 0. The van der Waals surface area contributed by atoms with E-state index in [9.17, 15) is 0 Å². The highest BCUT2D eigenvalue weighted by Crippen LogP contribution is 2.45. The highest BCUT2D eigenvalue weighted by Gasteiger charge is 2.53. The van der Waals surface area contributed by atoms with E-state index in [1.54, 1.807) is 0 Å². The van der Waals surface area contributed by atoms with Crippen LogP contribution < -0.4 is 5.32 Å². The van der Waals surface area contributed by atoms with Gasteiger partial charge in [-0.15, -0.1) is 0 Å². The average molecular weight is 264 g/mol. The largest absolute Gasteiger partial charge is 0.311 e. The second kappa shape index (κ2) is 4.42. The zero-order chi connectivity index (χ0) is 12.9. The summed E-state index contributed by atoms with van der Waals surface area (Å²) in [5, 5.41) is 9.24. The Hall–Kier alpha value is -0.160. The molecule has 4 heteroatoms. The molecular formula is C15H28N4. The van der Waals surface area contributed by atoms with Gasteiger partial charge in [0.15, 0.2) is 0 Å². The van der Waals surface area contributed by atoms with Crippen LogP contribution in [0.2, 0.25) is 0 Å². The molecule has 108 valence electrons. The van der Waals surface area contributed by atoms with Gasteiger partial charge in [-0.3, -0.25) is 0 Å². The Labute approximate surface area is 117 Å². The molecule has 4 aliphatic rings. The normalized spacial score (nSPS) is 35.2. The van der Waals surface area contributed by atoms with Crippen LogP contribution in [0, 0.1) is 0 Å². The first-order chi connectivity index (χ1) is 9.22. The van der Waals surface area contributed by atoms with E-state index >= 15 is 0 Å². The molecule has 4 nitrogen and oxygen atoms in total. The first kappa shape index (κ1) is 12.6. The fourth-order valence-electron chi connectivity index (χ4n) is 4.63. The fourth-order valence-corrected chi connectivity index (χ4v) is 4.63. The van der Waals surface area contributed by atoms with Crippen molar-refractivity contribution in [1.82, 2.24) is 20.2 Å². The lowest BCUT2D eigenvalue weighted by atomic mass is 9.86. The summed E-state index contributed by atoms with van der Waals surface area (Å²) in [7, 11) is 2.28. The lowest BCUT2D eigenvalue weighted by Gasteiger charge is -2.50. The molecule has 0 atom stereocenters. The van der Waals surface area contributed by atoms with Gasteiger partial charge in [-0.1, -0.05) is 0 Å². The Morgan fingerprint density at radius 3 is 2.32 bits per heavy atom. The number of piperazine rings is 1.